The van der Waals surface area contributed by atoms with Gasteiger partial charge in [-0.1, -0.05) is 72.8 Å². The highest BCUT2D eigenvalue weighted by Gasteiger charge is 2.29. The van der Waals surface area contributed by atoms with Crippen molar-refractivity contribution < 1.29 is 19.2 Å². The van der Waals surface area contributed by atoms with E-state index >= 15 is 0 Å². The van der Waals surface area contributed by atoms with Crippen LogP contribution >= 0.6 is 0 Å². The third-order valence-corrected chi connectivity index (χ3v) is 7.19. The van der Waals surface area contributed by atoms with Crippen LogP contribution in [0, 0.1) is 0 Å². The fraction of sp³-hybridized carbons (Fsp3) is 0.306. The smallest absolute Gasteiger partial charge is 0.243 e. The van der Waals surface area contributed by atoms with Gasteiger partial charge in [-0.05, 0) is 66.8 Å². The highest BCUT2D eigenvalue weighted by atomic mass is 16.2. The minimum atomic E-state index is -1.18. The first-order valence-corrected chi connectivity index (χ1v) is 15.2. The van der Waals surface area contributed by atoms with E-state index in [1.807, 2.05) is 93.6 Å². The minimum Gasteiger partial charge on any atom is -0.351 e. The monoisotopic (exact) mass is 607 g/mol. The number of fused-ring (bicyclic) bond motifs is 1. The number of hydrogen-bond acceptors (Lipinski definition) is 5. The number of benzene rings is 3. The molecular formula is C36H41N5O4. The number of carbonyl (C=O) groups excluding carboxylic acids is 4. The maximum atomic E-state index is 13.7. The van der Waals surface area contributed by atoms with E-state index in [9.17, 15) is 19.2 Å². The van der Waals surface area contributed by atoms with Crippen LogP contribution in [0.1, 0.15) is 50.3 Å². The van der Waals surface area contributed by atoms with Gasteiger partial charge in [-0.2, -0.15) is 0 Å². The summed E-state index contributed by atoms with van der Waals surface area (Å²) in [6.45, 7) is 5.77. The number of nitrogens with zero attached hydrogens (tertiary/aromatic N) is 1. The van der Waals surface area contributed by atoms with Gasteiger partial charge < -0.3 is 21.3 Å². The van der Waals surface area contributed by atoms with Crippen molar-refractivity contribution in [2.45, 2.75) is 70.6 Å². The van der Waals surface area contributed by atoms with Crippen molar-refractivity contribution >= 4 is 34.4 Å². The van der Waals surface area contributed by atoms with Crippen LogP contribution in [-0.4, -0.2) is 46.2 Å². The lowest BCUT2D eigenvalue weighted by Gasteiger charge is -2.25. The molecule has 0 spiro atoms. The van der Waals surface area contributed by atoms with Gasteiger partial charge in [-0.25, -0.2) is 0 Å². The van der Waals surface area contributed by atoms with Crippen molar-refractivity contribution in [2.75, 3.05) is 0 Å². The van der Waals surface area contributed by atoms with E-state index < -0.39 is 29.4 Å². The van der Waals surface area contributed by atoms with Crippen molar-refractivity contribution in [2.24, 2.45) is 0 Å². The fourth-order valence-electron chi connectivity index (χ4n) is 5.02. The molecular weight excluding hydrogens is 566 g/mol. The Morgan fingerprint density at radius 2 is 1.40 bits per heavy atom. The molecule has 4 amide bonds. The minimum absolute atomic E-state index is 0.140. The van der Waals surface area contributed by atoms with Gasteiger partial charge in [-0.15, -0.1) is 0 Å². The van der Waals surface area contributed by atoms with Crippen LogP contribution in [0.3, 0.4) is 0 Å². The average Bonchev–Trinajstić information content (AvgIpc) is 3.02. The molecule has 0 saturated heterocycles. The molecule has 0 aliphatic heterocycles. The summed E-state index contributed by atoms with van der Waals surface area (Å²) in [7, 11) is 0. The van der Waals surface area contributed by atoms with Gasteiger partial charge in [0.2, 0.25) is 23.6 Å². The Morgan fingerprint density at radius 1 is 0.711 bits per heavy atom. The van der Waals surface area contributed by atoms with Crippen LogP contribution in [0.15, 0.2) is 97.3 Å². The zero-order valence-corrected chi connectivity index (χ0v) is 26.0. The second-order valence-electron chi connectivity index (χ2n) is 12.1. The Kier molecular flexibility index (Phi) is 11.4. The second-order valence-corrected chi connectivity index (χ2v) is 12.1. The summed E-state index contributed by atoms with van der Waals surface area (Å²) in [4.78, 5) is 57.2. The maximum Gasteiger partial charge on any atom is 0.243 e. The van der Waals surface area contributed by atoms with Gasteiger partial charge in [-0.3, -0.25) is 24.2 Å². The number of pyridine rings is 1. The molecule has 1 heterocycles. The molecule has 4 N–H and O–H groups in total. The van der Waals surface area contributed by atoms with Gasteiger partial charge >= 0.3 is 0 Å². The van der Waals surface area contributed by atoms with E-state index in [-0.39, 0.29) is 37.6 Å². The number of aryl methyl sites for hydroxylation is 1. The van der Waals surface area contributed by atoms with Crippen molar-refractivity contribution in [1.29, 1.82) is 0 Å². The van der Waals surface area contributed by atoms with Crippen LogP contribution in [0.5, 0.6) is 0 Å². The number of rotatable bonds is 13. The Balaban J connectivity index is 1.50. The van der Waals surface area contributed by atoms with Gasteiger partial charge in [0.05, 0.1) is 6.42 Å². The molecule has 0 unspecified atom stereocenters. The molecule has 0 fully saturated rings. The summed E-state index contributed by atoms with van der Waals surface area (Å²) in [5, 5.41) is 13.5. The topological polar surface area (TPSA) is 129 Å². The number of amides is 4. The lowest BCUT2D eigenvalue weighted by molar-refractivity contribution is -0.134. The van der Waals surface area contributed by atoms with Crippen LogP contribution in [-0.2, 0) is 38.6 Å². The number of carbonyl (C=O) groups is 4. The van der Waals surface area contributed by atoms with E-state index in [1.54, 1.807) is 24.5 Å². The van der Waals surface area contributed by atoms with Gasteiger partial charge in [0.25, 0.3) is 0 Å². The largest absolute Gasteiger partial charge is 0.351 e. The summed E-state index contributed by atoms with van der Waals surface area (Å²) in [6, 6.07) is 24.8. The predicted octanol–water partition coefficient (Wildman–Crippen LogP) is 4.00. The molecule has 234 valence electrons. The Hall–Kier alpha value is -5.05. The van der Waals surface area contributed by atoms with E-state index in [1.165, 1.54) is 0 Å². The molecule has 1 aromatic heterocycles. The molecule has 0 saturated carbocycles. The fourth-order valence-corrected chi connectivity index (χ4v) is 5.02. The zero-order chi connectivity index (χ0) is 32.2. The number of nitrogens with one attached hydrogen (secondary N) is 4. The van der Waals surface area contributed by atoms with E-state index in [2.05, 4.69) is 26.3 Å². The van der Waals surface area contributed by atoms with E-state index in [4.69, 9.17) is 0 Å². The normalized spacial score (nSPS) is 12.5. The summed E-state index contributed by atoms with van der Waals surface area (Å²) < 4.78 is 0. The Labute approximate surface area is 264 Å². The quantitative estimate of drug-likeness (QED) is 0.183. The molecule has 9 heteroatoms. The molecule has 0 aliphatic carbocycles. The van der Waals surface area contributed by atoms with Gasteiger partial charge in [0.15, 0.2) is 0 Å². The summed E-state index contributed by atoms with van der Waals surface area (Å²) in [5.41, 5.74) is 2.20. The maximum absolute atomic E-state index is 13.7. The zero-order valence-electron chi connectivity index (χ0n) is 26.0. The second kappa shape index (κ2) is 15.6. The van der Waals surface area contributed by atoms with Crippen LogP contribution in [0.2, 0.25) is 0 Å². The first kappa shape index (κ1) is 32.9. The van der Waals surface area contributed by atoms with Crippen LogP contribution < -0.4 is 21.3 Å². The molecule has 0 radical (unpaired) electrons. The molecule has 3 aromatic carbocycles. The highest BCUT2D eigenvalue weighted by Crippen LogP contribution is 2.18. The summed E-state index contributed by atoms with van der Waals surface area (Å²) in [6.07, 6.45) is 3.78. The summed E-state index contributed by atoms with van der Waals surface area (Å²) in [5.74, 6) is -1.77. The molecule has 4 aromatic rings. The molecule has 0 bridgehead atoms. The van der Waals surface area contributed by atoms with Gasteiger partial charge in [0, 0.05) is 37.3 Å². The third-order valence-electron chi connectivity index (χ3n) is 7.19. The molecule has 45 heavy (non-hydrogen) atoms. The summed E-state index contributed by atoms with van der Waals surface area (Å²) >= 11 is 0. The SMILES string of the molecule is CC(C)(C)NC(=O)C[C@H](NC(=O)CCc1ccccc1)C(=O)N[C@@H](Cc1ccncc1)C(=O)NCc1cccc2ccccc12. The number of aromatic nitrogens is 1. The van der Waals surface area contributed by atoms with Gasteiger partial charge in [0.1, 0.15) is 12.1 Å². The van der Waals surface area contributed by atoms with Crippen LogP contribution in [0.25, 0.3) is 10.8 Å². The molecule has 2 atom stereocenters. The lowest BCUT2D eigenvalue weighted by atomic mass is 10.0. The first-order valence-electron chi connectivity index (χ1n) is 15.2. The Morgan fingerprint density at radius 3 is 2.13 bits per heavy atom. The van der Waals surface area contributed by atoms with Crippen molar-refractivity contribution in [3.63, 3.8) is 0 Å². The van der Waals surface area contributed by atoms with Crippen molar-refractivity contribution in [1.82, 2.24) is 26.3 Å². The molecule has 0 aliphatic rings. The standard InChI is InChI=1S/C36H41N5O4/c1-36(2,3)41-33(43)23-31(39-32(42)17-16-25-10-5-4-6-11-25)35(45)40-30(22-26-18-20-37-21-19-26)34(44)38-24-28-14-9-13-27-12-7-8-15-29(27)28/h4-15,18-21,30-31H,16-17,22-24H2,1-3H3,(H,38,44)(H,39,42)(H,40,45)(H,41,43)/t30-,31-/m0/s1. The Bertz CT molecular complexity index is 1600. The van der Waals surface area contributed by atoms with E-state index in [0.717, 1.165) is 27.5 Å². The van der Waals surface area contributed by atoms with Crippen molar-refractivity contribution in [3.05, 3.63) is 114 Å². The first-order chi connectivity index (χ1) is 21.6. The van der Waals surface area contributed by atoms with Crippen LogP contribution in [0.4, 0.5) is 0 Å². The predicted molar refractivity (Wildman–Crippen MR) is 175 cm³/mol. The number of hydrogen-bond donors (Lipinski definition) is 4. The van der Waals surface area contributed by atoms with E-state index in [0.29, 0.717) is 6.42 Å². The average molecular weight is 608 g/mol. The van der Waals surface area contributed by atoms with Crippen molar-refractivity contribution in [3.8, 4) is 0 Å². The third kappa shape index (κ3) is 10.6. The molecule has 4 rings (SSSR count). The lowest BCUT2D eigenvalue weighted by Crippen LogP contribution is -2.56. The highest BCUT2D eigenvalue weighted by molar-refractivity contribution is 5.95. The molecule has 9 nitrogen and oxygen atoms in total.